The summed E-state index contributed by atoms with van der Waals surface area (Å²) in [5.41, 5.74) is 5.90. The molecule has 1 aromatic rings. The first-order valence-corrected chi connectivity index (χ1v) is 8.55. The Hall–Kier alpha value is -1.05. The molecule has 0 spiro atoms. The van der Waals surface area contributed by atoms with E-state index in [0.29, 0.717) is 12.2 Å². The zero-order valence-corrected chi connectivity index (χ0v) is 13.1. The van der Waals surface area contributed by atoms with Crippen LogP contribution in [-0.2, 0) is 10.0 Å². The molecule has 110 valence electrons. The lowest BCUT2D eigenvalue weighted by Crippen LogP contribution is -2.38. The molecule has 0 aromatic carbocycles. The number of pyridine rings is 1. The zero-order valence-electron chi connectivity index (χ0n) is 11.4. The van der Waals surface area contributed by atoms with E-state index >= 15 is 0 Å². The fourth-order valence-corrected chi connectivity index (χ4v) is 4.19. The molecule has 0 radical (unpaired) electrons. The molecule has 1 saturated heterocycles. The van der Waals surface area contributed by atoms with Crippen molar-refractivity contribution >= 4 is 27.2 Å². The van der Waals surface area contributed by atoms with Crippen molar-refractivity contribution < 1.29 is 8.42 Å². The summed E-state index contributed by atoms with van der Waals surface area (Å²) in [5.74, 6) is 0. The lowest BCUT2D eigenvalue weighted by atomic mass is 10.1. The smallest absolute Gasteiger partial charge is 0.244 e. The van der Waals surface area contributed by atoms with Crippen molar-refractivity contribution in [3.05, 3.63) is 24.0 Å². The maximum atomic E-state index is 12.7. The molecule has 1 fully saturated rings. The Kier molecular flexibility index (Phi) is 4.72. The molecule has 1 unspecified atom stereocenters. The SMILES string of the molecule is CC1CCCCCN1S(=O)(=O)c1ccc(C(N)=S)nc1. The minimum atomic E-state index is -3.49. The molecule has 2 heterocycles. The largest absolute Gasteiger partial charge is 0.388 e. The summed E-state index contributed by atoms with van der Waals surface area (Å²) in [6, 6.07) is 3.10. The first kappa shape index (κ1) is 15.3. The summed E-state index contributed by atoms with van der Waals surface area (Å²) >= 11 is 4.82. The van der Waals surface area contributed by atoms with Gasteiger partial charge in [0.2, 0.25) is 10.0 Å². The van der Waals surface area contributed by atoms with Crippen molar-refractivity contribution in [2.45, 2.75) is 43.5 Å². The second-order valence-corrected chi connectivity index (χ2v) is 7.39. The van der Waals surface area contributed by atoms with Crippen LogP contribution in [0.25, 0.3) is 0 Å². The predicted molar refractivity (Wildman–Crippen MR) is 81.9 cm³/mol. The van der Waals surface area contributed by atoms with Crippen LogP contribution in [0.2, 0.25) is 0 Å². The topological polar surface area (TPSA) is 76.3 Å². The summed E-state index contributed by atoms with van der Waals surface area (Å²) in [4.78, 5) is 4.38. The second-order valence-electron chi connectivity index (χ2n) is 5.06. The maximum absolute atomic E-state index is 12.7. The fourth-order valence-electron chi connectivity index (χ4n) is 2.42. The highest BCUT2D eigenvalue weighted by Crippen LogP contribution is 2.24. The van der Waals surface area contributed by atoms with E-state index in [1.807, 2.05) is 6.92 Å². The Morgan fingerprint density at radius 3 is 2.75 bits per heavy atom. The Bertz CT molecular complexity index is 584. The van der Waals surface area contributed by atoms with E-state index in [1.165, 1.54) is 12.3 Å². The van der Waals surface area contributed by atoms with Gasteiger partial charge in [-0.1, -0.05) is 25.1 Å². The Balaban J connectivity index is 2.31. The quantitative estimate of drug-likeness (QED) is 0.859. The third-order valence-corrected chi connectivity index (χ3v) is 5.79. The molecule has 7 heteroatoms. The van der Waals surface area contributed by atoms with Crippen LogP contribution in [-0.4, -0.2) is 35.3 Å². The van der Waals surface area contributed by atoms with Gasteiger partial charge in [0.05, 0.1) is 5.69 Å². The first-order chi connectivity index (χ1) is 9.43. The molecule has 5 nitrogen and oxygen atoms in total. The van der Waals surface area contributed by atoms with E-state index in [9.17, 15) is 8.42 Å². The van der Waals surface area contributed by atoms with Gasteiger partial charge in [0.25, 0.3) is 0 Å². The molecule has 2 rings (SSSR count). The van der Waals surface area contributed by atoms with Crippen molar-refractivity contribution in [1.29, 1.82) is 0 Å². The third kappa shape index (κ3) is 3.16. The molecular weight excluding hydrogens is 294 g/mol. The highest BCUT2D eigenvalue weighted by molar-refractivity contribution is 7.89. The summed E-state index contributed by atoms with van der Waals surface area (Å²) in [6.45, 7) is 2.53. The van der Waals surface area contributed by atoms with Crippen molar-refractivity contribution in [2.75, 3.05) is 6.54 Å². The number of hydrogen-bond donors (Lipinski definition) is 1. The van der Waals surface area contributed by atoms with Crippen molar-refractivity contribution in [3.8, 4) is 0 Å². The van der Waals surface area contributed by atoms with E-state index in [-0.39, 0.29) is 15.9 Å². The lowest BCUT2D eigenvalue weighted by Gasteiger charge is -2.26. The number of rotatable bonds is 3. The Morgan fingerprint density at radius 1 is 1.40 bits per heavy atom. The van der Waals surface area contributed by atoms with Crippen molar-refractivity contribution in [3.63, 3.8) is 0 Å². The third-order valence-electron chi connectivity index (χ3n) is 3.59. The Morgan fingerprint density at radius 2 is 2.15 bits per heavy atom. The number of aromatic nitrogens is 1. The van der Waals surface area contributed by atoms with Crippen LogP contribution in [0.1, 0.15) is 38.3 Å². The molecular formula is C13H19N3O2S2. The zero-order chi connectivity index (χ0) is 14.8. The number of nitrogens with two attached hydrogens (primary N) is 1. The fraction of sp³-hybridized carbons (Fsp3) is 0.538. The highest BCUT2D eigenvalue weighted by Gasteiger charge is 2.30. The standard InChI is InChI=1S/C13H19N3O2S2/c1-10-5-3-2-4-8-16(10)20(17,18)11-6-7-12(13(14)19)15-9-11/h6-7,9-10H,2-5,8H2,1H3,(H2,14,19). The summed E-state index contributed by atoms with van der Waals surface area (Å²) in [7, 11) is -3.49. The Labute approximate surface area is 125 Å². The monoisotopic (exact) mass is 313 g/mol. The van der Waals surface area contributed by atoms with Gasteiger partial charge in [0, 0.05) is 18.8 Å². The number of sulfonamides is 1. The van der Waals surface area contributed by atoms with Crippen molar-refractivity contribution in [2.24, 2.45) is 5.73 Å². The van der Waals surface area contributed by atoms with Gasteiger partial charge in [-0.3, -0.25) is 4.98 Å². The molecule has 1 aliphatic heterocycles. The van der Waals surface area contributed by atoms with Crippen LogP contribution < -0.4 is 5.73 Å². The van der Waals surface area contributed by atoms with E-state index < -0.39 is 10.0 Å². The maximum Gasteiger partial charge on any atom is 0.244 e. The van der Waals surface area contributed by atoms with Gasteiger partial charge in [0.15, 0.2) is 0 Å². The van der Waals surface area contributed by atoms with Crippen LogP contribution in [0.3, 0.4) is 0 Å². The van der Waals surface area contributed by atoms with Crippen LogP contribution in [0.5, 0.6) is 0 Å². The number of hydrogen-bond acceptors (Lipinski definition) is 4. The van der Waals surface area contributed by atoms with Gasteiger partial charge < -0.3 is 5.73 Å². The van der Waals surface area contributed by atoms with Gasteiger partial charge in [-0.2, -0.15) is 4.31 Å². The predicted octanol–water partition coefficient (Wildman–Crippen LogP) is 1.67. The number of nitrogens with zero attached hydrogens (tertiary/aromatic N) is 2. The molecule has 20 heavy (non-hydrogen) atoms. The van der Waals surface area contributed by atoms with Crippen LogP contribution >= 0.6 is 12.2 Å². The average molecular weight is 313 g/mol. The molecule has 2 N–H and O–H groups in total. The van der Waals surface area contributed by atoms with Gasteiger partial charge in [-0.25, -0.2) is 8.42 Å². The summed E-state index contributed by atoms with van der Waals surface area (Å²) in [5, 5.41) is 0. The lowest BCUT2D eigenvalue weighted by molar-refractivity contribution is 0.342. The average Bonchev–Trinajstić information content (AvgIpc) is 2.64. The normalized spacial score (nSPS) is 21.4. The van der Waals surface area contributed by atoms with Gasteiger partial charge >= 0.3 is 0 Å². The molecule has 1 atom stereocenters. The van der Waals surface area contributed by atoms with E-state index in [0.717, 1.165) is 25.7 Å². The molecule has 1 aromatic heterocycles. The highest BCUT2D eigenvalue weighted by atomic mass is 32.2. The minimum absolute atomic E-state index is 0.0257. The van der Waals surface area contributed by atoms with E-state index in [1.54, 1.807) is 10.4 Å². The van der Waals surface area contributed by atoms with Gasteiger partial charge in [-0.05, 0) is 31.9 Å². The van der Waals surface area contributed by atoms with Gasteiger partial charge in [-0.15, -0.1) is 0 Å². The minimum Gasteiger partial charge on any atom is -0.388 e. The summed E-state index contributed by atoms with van der Waals surface area (Å²) < 4.78 is 26.9. The van der Waals surface area contributed by atoms with Crippen LogP contribution in [0.15, 0.2) is 23.2 Å². The molecule has 0 aliphatic carbocycles. The second kappa shape index (κ2) is 6.15. The van der Waals surface area contributed by atoms with E-state index in [4.69, 9.17) is 18.0 Å². The molecule has 1 aliphatic rings. The van der Waals surface area contributed by atoms with E-state index in [2.05, 4.69) is 4.98 Å². The molecule has 0 saturated carbocycles. The number of thiocarbonyl (C=S) groups is 1. The van der Waals surface area contributed by atoms with Crippen LogP contribution in [0, 0.1) is 0 Å². The molecule has 0 bridgehead atoms. The summed E-state index contributed by atoms with van der Waals surface area (Å²) in [6.07, 6.45) is 5.29. The van der Waals surface area contributed by atoms with Crippen molar-refractivity contribution in [1.82, 2.24) is 9.29 Å². The molecule has 0 amide bonds. The first-order valence-electron chi connectivity index (χ1n) is 6.70. The van der Waals surface area contributed by atoms with Gasteiger partial charge in [0.1, 0.15) is 9.88 Å². The van der Waals surface area contributed by atoms with Crippen LogP contribution in [0.4, 0.5) is 0 Å².